The second-order valence-electron chi connectivity index (χ2n) is 5.90. The van der Waals surface area contributed by atoms with Gasteiger partial charge in [0.25, 0.3) is 5.91 Å². The summed E-state index contributed by atoms with van der Waals surface area (Å²) in [5.74, 6) is 0.0194. The Labute approximate surface area is 154 Å². The smallest absolute Gasteiger partial charge is 0.262 e. The maximum Gasteiger partial charge on any atom is 0.262 e. The molecule has 2 aliphatic heterocycles. The van der Waals surface area contributed by atoms with E-state index < -0.39 is 10.0 Å². The predicted octanol–water partition coefficient (Wildman–Crippen LogP) is 3.26. The van der Waals surface area contributed by atoms with Gasteiger partial charge in [-0.2, -0.15) is 4.31 Å². The van der Waals surface area contributed by atoms with Crippen molar-refractivity contribution >= 4 is 44.6 Å². The van der Waals surface area contributed by atoms with Gasteiger partial charge in [0, 0.05) is 17.5 Å². The molecule has 1 N–H and O–H groups in total. The standard InChI is InChI=1S/C16H15ClN2O4S2/c17-10-7-11-13(23-9-16(20)18-11)8-15(10)25(21,22)19-5-1-3-12(19)14-4-2-6-24-14/h2,4,6-8,12H,1,3,5,9H2,(H,18,20). The molecule has 25 heavy (non-hydrogen) atoms. The lowest BCUT2D eigenvalue weighted by Gasteiger charge is -2.25. The normalized spacial score (nSPS) is 20.8. The van der Waals surface area contributed by atoms with E-state index in [0.29, 0.717) is 18.0 Å². The Kier molecular flexibility index (Phi) is 4.23. The third kappa shape index (κ3) is 2.93. The maximum atomic E-state index is 13.2. The highest BCUT2D eigenvalue weighted by Crippen LogP contribution is 2.42. The number of carbonyl (C=O) groups is 1. The highest BCUT2D eigenvalue weighted by Gasteiger charge is 2.38. The van der Waals surface area contributed by atoms with Crippen molar-refractivity contribution in [2.75, 3.05) is 18.5 Å². The summed E-state index contributed by atoms with van der Waals surface area (Å²) >= 11 is 7.79. The first-order valence-electron chi connectivity index (χ1n) is 7.78. The largest absolute Gasteiger partial charge is 0.482 e. The molecule has 0 bridgehead atoms. The molecule has 0 aliphatic carbocycles. The first-order valence-corrected chi connectivity index (χ1v) is 10.5. The predicted molar refractivity (Wildman–Crippen MR) is 95.8 cm³/mol. The second kappa shape index (κ2) is 6.28. The van der Waals surface area contributed by atoms with Crippen LogP contribution in [0.25, 0.3) is 0 Å². The molecule has 0 spiro atoms. The summed E-state index contributed by atoms with van der Waals surface area (Å²) in [6.45, 7) is 0.311. The average Bonchev–Trinajstić information content (AvgIpc) is 3.25. The van der Waals surface area contributed by atoms with Crippen molar-refractivity contribution in [3.05, 3.63) is 39.5 Å². The number of rotatable bonds is 3. The third-order valence-electron chi connectivity index (χ3n) is 4.33. The fraction of sp³-hybridized carbons (Fsp3) is 0.312. The molecular weight excluding hydrogens is 384 g/mol. The number of nitrogens with zero attached hydrogens (tertiary/aromatic N) is 1. The summed E-state index contributed by atoms with van der Waals surface area (Å²) in [7, 11) is -3.78. The van der Waals surface area contributed by atoms with Crippen molar-refractivity contribution in [3.63, 3.8) is 0 Å². The number of sulfonamides is 1. The van der Waals surface area contributed by atoms with Gasteiger partial charge in [-0.1, -0.05) is 17.7 Å². The molecule has 1 atom stereocenters. The van der Waals surface area contributed by atoms with Crippen LogP contribution in [0.4, 0.5) is 5.69 Å². The van der Waals surface area contributed by atoms with E-state index in [-0.39, 0.29) is 28.5 Å². The summed E-state index contributed by atoms with van der Waals surface area (Å²) in [6.07, 6.45) is 1.59. The molecule has 1 aromatic heterocycles. The van der Waals surface area contributed by atoms with E-state index in [1.165, 1.54) is 16.4 Å². The molecule has 1 amide bonds. The van der Waals surface area contributed by atoms with Crippen molar-refractivity contribution in [1.82, 2.24) is 4.31 Å². The van der Waals surface area contributed by atoms with Gasteiger partial charge in [-0.05, 0) is 30.4 Å². The number of halogens is 1. The quantitative estimate of drug-likeness (QED) is 0.861. The summed E-state index contributed by atoms with van der Waals surface area (Å²) in [6, 6.07) is 6.53. The van der Waals surface area contributed by atoms with Crippen LogP contribution in [0.5, 0.6) is 5.75 Å². The topological polar surface area (TPSA) is 75.7 Å². The van der Waals surface area contributed by atoms with E-state index in [1.54, 1.807) is 11.3 Å². The van der Waals surface area contributed by atoms with Gasteiger partial charge in [0.2, 0.25) is 10.0 Å². The molecular formula is C16H15ClN2O4S2. The lowest BCUT2D eigenvalue weighted by Crippen LogP contribution is -2.31. The Morgan fingerprint density at radius 3 is 2.96 bits per heavy atom. The Morgan fingerprint density at radius 1 is 1.36 bits per heavy atom. The minimum atomic E-state index is -3.78. The van der Waals surface area contributed by atoms with Crippen LogP contribution < -0.4 is 10.1 Å². The van der Waals surface area contributed by atoms with Gasteiger partial charge in [0.1, 0.15) is 10.6 Å². The van der Waals surface area contributed by atoms with Gasteiger partial charge in [-0.25, -0.2) is 8.42 Å². The molecule has 3 heterocycles. The molecule has 1 saturated heterocycles. The summed E-state index contributed by atoms with van der Waals surface area (Å²) < 4.78 is 33.3. The Morgan fingerprint density at radius 2 is 2.20 bits per heavy atom. The van der Waals surface area contributed by atoms with E-state index in [4.69, 9.17) is 16.3 Å². The van der Waals surface area contributed by atoms with Gasteiger partial charge >= 0.3 is 0 Å². The van der Waals surface area contributed by atoms with Crippen molar-refractivity contribution in [2.45, 2.75) is 23.8 Å². The van der Waals surface area contributed by atoms with Gasteiger partial charge in [0.05, 0.1) is 16.8 Å². The number of amides is 1. The molecule has 2 aromatic rings. The lowest BCUT2D eigenvalue weighted by atomic mass is 10.2. The highest BCUT2D eigenvalue weighted by atomic mass is 35.5. The fourth-order valence-electron chi connectivity index (χ4n) is 3.20. The van der Waals surface area contributed by atoms with Crippen LogP contribution in [-0.2, 0) is 14.8 Å². The van der Waals surface area contributed by atoms with Gasteiger partial charge in [-0.3, -0.25) is 4.79 Å². The first kappa shape index (κ1) is 16.8. The maximum absolute atomic E-state index is 13.2. The molecule has 0 saturated carbocycles. The Bertz CT molecular complexity index is 928. The molecule has 9 heteroatoms. The van der Waals surface area contributed by atoms with Crippen LogP contribution in [0.15, 0.2) is 34.5 Å². The van der Waals surface area contributed by atoms with E-state index in [1.807, 2.05) is 17.5 Å². The van der Waals surface area contributed by atoms with Crippen LogP contribution >= 0.6 is 22.9 Å². The fourth-order valence-corrected chi connectivity index (χ4v) is 6.33. The number of benzene rings is 1. The van der Waals surface area contributed by atoms with Crippen molar-refractivity contribution in [2.24, 2.45) is 0 Å². The van der Waals surface area contributed by atoms with E-state index in [2.05, 4.69) is 5.32 Å². The second-order valence-corrected chi connectivity index (χ2v) is 9.15. The van der Waals surface area contributed by atoms with E-state index in [0.717, 1.165) is 17.7 Å². The van der Waals surface area contributed by atoms with Crippen LogP contribution in [0.1, 0.15) is 23.8 Å². The molecule has 1 aromatic carbocycles. The monoisotopic (exact) mass is 398 g/mol. The van der Waals surface area contributed by atoms with E-state index >= 15 is 0 Å². The number of thiophene rings is 1. The van der Waals surface area contributed by atoms with Gasteiger partial charge < -0.3 is 10.1 Å². The molecule has 132 valence electrons. The van der Waals surface area contributed by atoms with Gasteiger partial charge in [-0.15, -0.1) is 11.3 Å². The average molecular weight is 399 g/mol. The third-order valence-corrected chi connectivity index (χ3v) is 7.68. The molecule has 6 nitrogen and oxygen atoms in total. The molecule has 1 fully saturated rings. The van der Waals surface area contributed by atoms with E-state index in [9.17, 15) is 13.2 Å². The SMILES string of the molecule is O=C1COc2cc(S(=O)(=O)N3CCCC3c3cccs3)c(Cl)cc2N1. The zero-order valence-electron chi connectivity index (χ0n) is 13.1. The zero-order chi connectivity index (χ0) is 17.6. The number of hydrogen-bond acceptors (Lipinski definition) is 5. The first-order chi connectivity index (χ1) is 12.0. The van der Waals surface area contributed by atoms with Crippen molar-refractivity contribution in [3.8, 4) is 5.75 Å². The number of anilines is 1. The van der Waals surface area contributed by atoms with Crippen LogP contribution in [-0.4, -0.2) is 31.8 Å². The number of ether oxygens (including phenoxy) is 1. The molecule has 4 rings (SSSR count). The van der Waals surface area contributed by atoms with Crippen molar-refractivity contribution < 1.29 is 17.9 Å². The van der Waals surface area contributed by atoms with Gasteiger partial charge in [0.15, 0.2) is 6.61 Å². The summed E-state index contributed by atoms with van der Waals surface area (Å²) in [4.78, 5) is 12.4. The molecule has 0 radical (unpaired) electrons. The summed E-state index contributed by atoms with van der Waals surface area (Å²) in [5.41, 5.74) is 0.386. The number of nitrogens with one attached hydrogen (secondary N) is 1. The Hall–Kier alpha value is -1.61. The highest BCUT2D eigenvalue weighted by molar-refractivity contribution is 7.89. The molecule has 1 unspecified atom stereocenters. The molecule has 2 aliphatic rings. The minimum absolute atomic E-state index is 0.00696. The number of carbonyl (C=O) groups excluding carboxylic acids is 1. The van der Waals surface area contributed by atoms with Crippen LogP contribution in [0.2, 0.25) is 5.02 Å². The number of fused-ring (bicyclic) bond motifs is 1. The Balaban J connectivity index is 1.74. The zero-order valence-corrected chi connectivity index (χ0v) is 15.5. The van der Waals surface area contributed by atoms with Crippen LogP contribution in [0.3, 0.4) is 0 Å². The van der Waals surface area contributed by atoms with Crippen LogP contribution in [0, 0.1) is 0 Å². The minimum Gasteiger partial charge on any atom is -0.482 e. The lowest BCUT2D eigenvalue weighted by molar-refractivity contribution is -0.118. The number of hydrogen-bond donors (Lipinski definition) is 1. The summed E-state index contributed by atoms with van der Waals surface area (Å²) in [5, 5.41) is 4.64. The van der Waals surface area contributed by atoms with Crippen molar-refractivity contribution in [1.29, 1.82) is 0 Å².